The number of carbonyl (C=O) groups is 2. The monoisotopic (exact) mass is 472 g/mol. The van der Waals surface area contributed by atoms with Gasteiger partial charge in [0.05, 0.1) is 41.8 Å². The van der Waals surface area contributed by atoms with E-state index < -0.39 is 17.5 Å². The van der Waals surface area contributed by atoms with Gasteiger partial charge in [0.1, 0.15) is 5.60 Å². The largest absolute Gasteiger partial charge is 0.444 e. The Morgan fingerprint density at radius 2 is 1.90 bits per heavy atom. The van der Waals surface area contributed by atoms with E-state index in [4.69, 9.17) is 37.4 Å². The van der Waals surface area contributed by atoms with Gasteiger partial charge < -0.3 is 24.4 Å². The molecule has 2 aliphatic rings. The fraction of sp³-hybridized carbons (Fsp3) is 0.636. The molecular weight excluding hydrogens is 443 g/mol. The molecule has 1 N–H and O–H groups in total. The summed E-state index contributed by atoms with van der Waals surface area (Å²) in [6.45, 7) is 6.49. The van der Waals surface area contributed by atoms with Crippen molar-refractivity contribution < 1.29 is 23.8 Å². The van der Waals surface area contributed by atoms with Crippen LogP contribution in [-0.2, 0) is 25.4 Å². The van der Waals surface area contributed by atoms with Gasteiger partial charge in [-0.3, -0.25) is 4.79 Å². The van der Waals surface area contributed by atoms with Crippen LogP contribution < -0.4 is 5.32 Å². The number of nitrogens with one attached hydrogen (secondary N) is 1. The third-order valence-corrected chi connectivity index (χ3v) is 6.31. The number of halogens is 2. The summed E-state index contributed by atoms with van der Waals surface area (Å²) in [6, 6.07) is 4.56. The Labute approximate surface area is 193 Å². The highest BCUT2D eigenvalue weighted by Crippen LogP contribution is 2.38. The minimum absolute atomic E-state index is 0.102. The second-order valence-corrected chi connectivity index (χ2v) is 9.91. The Morgan fingerprint density at radius 3 is 2.52 bits per heavy atom. The van der Waals surface area contributed by atoms with Gasteiger partial charge in [0, 0.05) is 19.9 Å². The molecule has 1 saturated heterocycles. The van der Waals surface area contributed by atoms with Crippen LogP contribution in [-0.4, -0.2) is 60.6 Å². The molecule has 31 heavy (non-hydrogen) atoms. The maximum atomic E-state index is 13.1. The third-order valence-electron chi connectivity index (χ3n) is 5.57. The Morgan fingerprint density at radius 1 is 1.23 bits per heavy atom. The number of likely N-dealkylation sites (N-methyl/N-ethyl adjacent to an activating group) is 1. The molecule has 9 heteroatoms. The summed E-state index contributed by atoms with van der Waals surface area (Å²) < 4.78 is 17.2. The molecule has 0 unspecified atom stereocenters. The molecule has 1 aromatic carbocycles. The molecule has 1 aliphatic heterocycles. The summed E-state index contributed by atoms with van der Waals surface area (Å²) in [5.74, 6) is -0.816. The topological polar surface area (TPSA) is 77.1 Å². The third kappa shape index (κ3) is 6.25. The van der Waals surface area contributed by atoms with Crippen LogP contribution in [0.1, 0.15) is 45.6 Å². The van der Waals surface area contributed by atoms with E-state index in [2.05, 4.69) is 5.32 Å². The molecular formula is C22H30Cl2N2O5. The minimum Gasteiger partial charge on any atom is -0.444 e. The number of rotatable bonds is 4. The number of amides is 2. The highest BCUT2D eigenvalue weighted by atomic mass is 35.5. The van der Waals surface area contributed by atoms with Crippen molar-refractivity contribution in [3.05, 3.63) is 33.8 Å². The van der Waals surface area contributed by atoms with Crippen LogP contribution in [0.3, 0.4) is 0 Å². The van der Waals surface area contributed by atoms with Crippen molar-refractivity contribution in [1.82, 2.24) is 10.2 Å². The Bertz CT molecular complexity index is 821. The van der Waals surface area contributed by atoms with Crippen molar-refractivity contribution >= 4 is 35.2 Å². The van der Waals surface area contributed by atoms with E-state index in [-0.39, 0.29) is 24.4 Å². The quantitative estimate of drug-likeness (QED) is 0.710. The molecule has 172 valence electrons. The second kappa shape index (κ2) is 9.53. The average molecular weight is 473 g/mol. The maximum Gasteiger partial charge on any atom is 0.407 e. The lowest BCUT2D eigenvalue weighted by atomic mass is 9.84. The lowest BCUT2D eigenvalue weighted by Crippen LogP contribution is -2.59. The van der Waals surface area contributed by atoms with Crippen LogP contribution in [0.5, 0.6) is 0 Å². The SMILES string of the molecule is CN(C(=O)Cc1ccc(Cl)c(Cl)c1)[C@H]1CC2(CC[C@@H]1NC(=O)OC(C)(C)C)OCCO2. The summed E-state index contributed by atoms with van der Waals surface area (Å²) in [5.41, 5.74) is 0.157. The van der Waals surface area contributed by atoms with Gasteiger partial charge >= 0.3 is 6.09 Å². The number of hydrogen-bond acceptors (Lipinski definition) is 5. The van der Waals surface area contributed by atoms with Gasteiger partial charge in [0.15, 0.2) is 5.79 Å². The van der Waals surface area contributed by atoms with Crippen LogP contribution >= 0.6 is 23.2 Å². The predicted molar refractivity (Wildman–Crippen MR) is 118 cm³/mol. The maximum absolute atomic E-state index is 13.1. The van der Waals surface area contributed by atoms with Crippen LogP contribution in [0.25, 0.3) is 0 Å². The van der Waals surface area contributed by atoms with Crippen molar-refractivity contribution in [3.8, 4) is 0 Å². The minimum atomic E-state index is -0.713. The molecule has 2 atom stereocenters. The molecule has 1 aliphatic carbocycles. The number of ether oxygens (including phenoxy) is 3. The molecule has 1 heterocycles. The number of benzene rings is 1. The smallest absolute Gasteiger partial charge is 0.407 e. The summed E-state index contributed by atoms with van der Waals surface area (Å²) in [4.78, 5) is 27.2. The summed E-state index contributed by atoms with van der Waals surface area (Å²) in [6.07, 6.45) is 1.37. The van der Waals surface area contributed by atoms with Gasteiger partial charge in [-0.05, 0) is 44.9 Å². The zero-order chi connectivity index (χ0) is 22.8. The van der Waals surface area contributed by atoms with Crippen LogP contribution in [0.2, 0.25) is 10.0 Å². The second-order valence-electron chi connectivity index (χ2n) is 9.10. The first-order valence-corrected chi connectivity index (χ1v) is 11.2. The number of carbonyl (C=O) groups excluding carboxylic acids is 2. The molecule has 3 rings (SSSR count). The van der Waals surface area contributed by atoms with Crippen molar-refractivity contribution in [2.24, 2.45) is 0 Å². The van der Waals surface area contributed by atoms with Crippen LogP contribution in [0.4, 0.5) is 4.79 Å². The number of nitrogens with zero attached hydrogens (tertiary/aromatic N) is 1. The zero-order valence-corrected chi connectivity index (χ0v) is 19.9. The van der Waals surface area contributed by atoms with Gasteiger partial charge in [0.2, 0.25) is 5.91 Å². The average Bonchev–Trinajstić information content (AvgIpc) is 3.12. The van der Waals surface area contributed by atoms with Gasteiger partial charge in [-0.1, -0.05) is 29.3 Å². The van der Waals surface area contributed by atoms with E-state index in [1.165, 1.54) is 0 Å². The zero-order valence-electron chi connectivity index (χ0n) is 18.4. The molecule has 2 fully saturated rings. The highest BCUT2D eigenvalue weighted by Gasteiger charge is 2.47. The molecule has 1 spiro atoms. The van der Waals surface area contributed by atoms with Gasteiger partial charge in [-0.15, -0.1) is 0 Å². The lowest BCUT2D eigenvalue weighted by Gasteiger charge is -2.44. The van der Waals surface area contributed by atoms with E-state index in [9.17, 15) is 9.59 Å². The molecule has 0 radical (unpaired) electrons. The first-order chi connectivity index (χ1) is 14.5. The van der Waals surface area contributed by atoms with Crippen molar-refractivity contribution in [2.45, 2.75) is 69.9 Å². The van der Waals surface area contributed by atoms with Crippen LogP contribution in [0, 0.1) is 0 Å². The van der Waals surface area contributed by atoms with E-state index in [1.54, 1.807) is 30.1 Å². The van der Waals surface area contributed by atoms with E-state index in [1.807, 2.05) is 20.8 Å². The summed E-state index contributed by atoms with van der Waals surface area (Å²) in [7, 11) is 1.74. The van der Waals surface area contributed by atoms with Crippen molar-refractivity contribution in [3.63, 3.8) is 0 Å². The van der Waals surface area contributed by atoms with Crippen molar-refractivity contribution in [1.29, 1.82) is 0 Å². The molecule has 2 amide bonds. The molecule has 0 bridgehead atoms. The molecule has 1 aromatic rings. The fourth-order valence-electron chi connectivity index (χ4n) is 4.06. The highest BCUT2D eigenvalue weighted by molar-refractivity contribution is 6.42. The Kier molecular flexibility index (Phi) is 7.41. The first kappa shape index (κ1) is 24.1. The van der Waals surface area contributed by atoms with Gasteiger partial charge in [-0.2, -0.15) is 0 Å². The van der Waals surface area contributed by atoms with Gasteiger partial charge in [0.25, 0.3) is 0 Å². The standard InChI is InChI=1S/C22H30Cl2N2O5/c1-21(2,3)31-20(28)25-17-7-8-22(29-9-10-30-22)13-18(17)26(4)19(27)12-14-5-6-15(23)16(24)11-14/h5-6,11,17-18H,7-10,12-13H2,1-4H3,(H,25,28)/t17-,18-/m0/s1. The Balaban J connectivity index is 1.74. The fourth-order valence-corrected chi connectivity index (χ4v) is 4.38. The number of alkyl carbamates (subject to hydrolysis) is 1. The summed E-state index contributed by atoms with van der Waals surface area (Å²) >= 11 is 12.1. The Hall–Kier alpha value is -1.54. The van der Waals surface area contributed by atoms with Gasteiger partial charge in [-0.25, -0.2) is 4.79 Å². The van der Waals surface area contributed by atoms with E-state index in [0.29, 0.717) is 42.5 Å². The normalized spacial score (nSPS) is 22.9. The van der Waals surface area contributed by atoms with E-state index >= 15 is 0 Å². The van der Waals surface area contributed by atoms with Crippen LogP contribution in [0.15, 0.2) is 18.2 Å². The molecule has 1 saturated carbocycles. The molecule has 0 aromatic heterocycles. The summed E-state index contributed by atoms with van der Waals surface area (Å²) in [5, 5.41) is 3.79. The van der Waals surface area contributed by atoms with Crippen molar-refractivity contribution in [2.75, 3.05) is 20.3 Å². The number of hydrogen-bond donors (Lipinski definition) is 1. The molecule has 7 nitrogen and oxygen atoms in total. The van der Waals surface area contributed by atoms with E-state index in [0.717, 1.165) is 5.56 Å². The first-order valence-electron chi connectivity index (χ1n) is 10.4. The predicted octanol–water partition coefficient (Wildman–Crippen LogP) is 4.18. The lowest BCUT2D eigenvalue weighted by molar-refractivity contribution is -0.193.